The van der Waals surface area contributed by atoms with E-state index < -0.39 is 46.8 Å². The Morgan fingerprint density at radius 1 is 0.892 bits per heavy atom. The molecule has 1 aliphatic rings. The molecule has 0 spiro atoms. The van der Waals surface area contributed by atoms with E-state index in [-0.39, 0.29) is 17.8 Å². The molecule has 7 nitrogen and oxygen atoms in total. The maximum Gasteiger partial charge on any atom is 0.252 e. The number of hydrogen-bond donors (Lipinski definition) is 2. The van der Waals surface area contributed by atoms with Crippen molar-refractivity contribution in [3.05, 3.63) is 89.7 Å². The molecule has 2 N–H and O–H groups in total. The molecule has 192 valence electrons. The predicted molar refractivity (Wildman–Crippen MR) is 133 cm³/mol. The number of anilines is 3. The number of rotatable bonds is 5. The van der Waals surface area contributed by atoms with Gasteiger partial charge in [0.1, 0.15) is 29.0 Å². The summed E-state index contributed by atoms with van der Waals surface area (Å²) in [7, 11) is 1.45. The summed E-state index contributed by atoms with van der Waals surface area (Å²) in [5.74, 6) is -3.37. The van der Waals surface area contributed by atoms with E-state index in [1.54, 1.807) is 11.0 Å². The van der Waals surface area contributed by atoms with Gasteiger partial charge in [-0.3, -0.25) is 14.4 Å². The number of benzene rings is 3. The van der Waals surface area contributed by atoms with Crippen molar-refractivity contribution in [2.45, 2.75) is 25.4 Å². The summed E-state index contributed by atoms with van der Waals surface area (Å²) in [6, 6.07) is 13.3. The van der Waals surface area contributed by atoms with Crippen LogP contribution in [-0.2, 0) is 9.59 Å². The zero-order valence-corrected chi connectivity index (χ0v) is 20.4. The van der Waals surface area contributed by atoms with Crippen molar-refractivity contribution < 1.29 is 27.6 Å². The maximum atomic E-state index is 14.1. The van der Waals surface area contributed by atoms with Gasteiger partial charge < -0.3 is 20.4 Å². The monoisotopic (exact) mass is 510 g/mol. The highest BCUT2D eigenvalue weighted by molar-refractivity contribution is 6.05. The Kier molecular flexibility index (Phi) is 6.93. The molecule has 0 aliphatic carbocycles. The fourth-order valence-electron chi connectivity index (χ4n) is 4.05. The van der Waals surface area contributed by atoms with Crippen LogP contribution in [0.25, 0.3) is 0 Å². The van der Waals surface area contributed by atoms with E-state index in [1.807, 2.05) is 0 Å². The highest BCUT2D eigenvalue weighted by atomic mass is 19.1. The molecule has 0 aromatic heterocycles. The zero-order chi connectivity index (χ0) is 26.9. The van der Waals surface area contributed by atoms with Crippen molar-refractivity contribution in [3.63, 3.8) is 0 Å². The van der Waals surface area contributed by atoms with Crippen LogP contribution in [0.4, 0.5) is 30.2 Å². The standard InChI is InChI=1S/C27H25F3N4O3/c1-27(2,32-24(35)16-7-9-17(28)10-8-16)26(37)31-21-15-34(20-6-4-5-18(29)13-20)22-12-11-19(30)14-23(22)33(3)25(21)36/h4-14,21H,15H2,1-3H3,(H,31,37)(H,32,35)/t21-/m1/s1. The van der Waals surface area contributed by atoms with Gasteiger partial charge >= 0.3 is 0 Å². The van der Waals surface area contributed by atoms with Crippen molar-refractivity contribution in [1.29, 1.82) is 0 Å². The van der Waals surface area contributed by atoms with E-state index >= 15 is 0 Å². The van der Waals surface area contributed by atoms with Crippen LogP contribution in [-0.4, -0.2) is 42.9 Å². The van der Waals surface area contributed by atoms with E-state index in [1.165, 1.54) is 74.3 Å². The lowest BCUT2D eigenvalue weighted by Crippen LogP contribution is -2.60. The van der Waals surface area contributed by atoms with Crippen LogP contribution in [0.5, 0.6) is 0 Å². The van der Waals surface area contributed by atoms with Crippen molar-refractivity contribution in [1.82, 2.24) is 10.6 Å². The third-order valence-corrected chi connectivity index (χ3v) is 6.11. The Bertz CT molecular complexity index is 1360. The summed E-state index contributed by atoms with van der Waals surface area (Å²) in [5.41, 5.74) is -0.209. The van der Waals surface area contributed by atoms with Crippen LogP contribution in [0, 0.1) is 17.5 Å². The molecule has 0 fully saturated rings. The van der Waals surface area contributed by atoms with Gasteiger partial charge in [0.25, 0.3) is 11.8 Å². The number of carbonyl (C=O) groups excluding carboxylic acids is 3. The summed E-state index contributed by atoms with van der Waals surface area (Å²) in [6.07, 6.45) is 0. The number of carbonyl (C=O) groups is 3. The summed E-state index contributed by atoms with van der Waals surface area (Å²) in [4.78, 5) is 42.1. The normalized spacial score (nSPS) is 15.6. The highest BCUT2D eigenvalue weighted by Crippen LogP contribution is 2.37. The number of nitrogens with zero attached hydrogens (tertiary/aromatic N) is 2. The number of nitrogens with one attached hydrogen (secondary N) is 2. The first kappa shape index (κ1) is 25.7. The maximum absolute atomic E-state index is 14.1. The van der Waals surface area contributed by atoms with Gasteiger partial charge in [0.15, 0.2) is 0 Å². The smallest absolute Gasteiger partial charge is 0.252 e. The third kappa shape index (κ3) is 5.42. The number of amides is 3. The lowest BCUT2D eigenvalue weighted by Gasteiger charge is -2.30. The predicted octanol–water partition coefficient (Wildman–Crippen LogP) is 3.91. The van der Waals surface area contributed by atoms with Crippen molar-refractivity contribution >= 4 is 34.8 Å². The molecule has 1 atom stereocenters. The molecule has 3 aromatic rings. The molecule has 1 heterocycles. The van der Waals surface area contributed by atoms with Crippen molar-refractivity contribution in [2.75, 3.05) is 23.4 Å². The molecule has 0 radical (unpaired) electrons. The van der Waals surface area contributed by atoms with Crippen LogP contribution >= 0.6 is 0 Å². The van der Waals surface area contributed by atoms with Crippen LogP contribution < -0.4 is 20.4 Å². The van der Waals surface area contributed by atoms with Gasteiger partial charge in [0.2, 0.25) is 5.91 Å². The second-order valence-corrected chi connectivity index (χ2v) is 9.23. The SMILES string of the molecule is CN1C(=O)[C@H](NC(=O)C(C)(C)NC(=O)c2ccc(F)cc2)CN(c2cccc(F)c2)c2ccc(F)cc21. The Balaban J connectivity index is 1.62. The molecule has 0 saturated carbocycles. The lowest BCUT2D eigenvalue weighted by atomic mass is 10.0. The van der Waals surface area contributed by atoms with Gasteiger partial charge in [0.05, 0.1) is 17.9 Å². The molecule has 1 aliphatic heterocycles. The summed E-state index contributed by atoms with van der Waals surface area (Å²) in [5, 5.41) is 5.26. The van der Waals surface area contributed by atoms with Gasteiger partial charge in [-0.05, 0) is 74.5 Å². The van der Waals surface area contributed by atoms with E-state index in [9.17, 15) is 27.6 Å². The number of likely N-dealkylation sites (N-methyl/N-ethyl adjacent to an activating group) is 1. The largest absolute Gasteiger partial charge is 0.341 e. The molecule has 10 heteroatoms. The minimum Gasteiger partial charge on any atom is -0.341 e. The second-order valence-electron chi connectivity index (χ2n) is 9.23. The Labute approximate surface area is 211 Å². The average Bonchev–Trinajstić information content (AvgIpc) is 2.94. The first-order valence-electron chi connectivity index (χ1n) is 11.5. The summed E-state index contributed by atoms with van der Waals surface area (Å²) in [6.45, 7) is 2.84. The summed E-state index contributed by atoms with van der Waals surface area (Å²) < 4.78 is 41.4. The van der Waals surface area contributed by atoms with Gasteiger partial charge in [-0.1, -0.05) is 6.07 Å². The fraction of sp³-hybridized carbons (Fsp3) is 0.222. The average molecular weight is 511 g/mol. The first-order chi connectivity index (χ1) is 17.5. The molecule has 0 bridgehead atoms. The van der Waals surface area contributed by atoms with E-state index in [4.69, 9.17) is 0 Å². The Morgan fingerprint density at radius 3 is 2.22 bits per heavy atom. The summed E-state index contributed by atoms with van der Waals surface area (Å²) >= 11 is 0. The Hall–Kier alpha value is -4.34. The molecule has 0 unspecified atom stereocenters. The number of halogens is 3. The van der Waals surface area contributed by atoms with E-state index in [0.717, 1.165) is 12.1 Å². The highest BCUT2D eigenvalue weighted by Gasteiger charge is 2.38. The van der Waals surface area contributed by atoms with E-state index in [2.05, 4.69) is 10.6 Å². The van der Waals surface area contributed by atoms with Gasteiger partial charge in [-0.2, -0.15) is 0 Å². The fourth-order valence-corrected chi connectivity index (χ4v) is 4.05. The molecule has 0 saturated heterocycles. The number of hydrogen-bond acceptors (Lipinski definition) is 4. The van der Waals surface area contributed by atoms with Gasteiger partial charge in [0, 0.05) is 18.3 Å². The molecular formula is C27H25F3N4O3. The molecule has 4 rings (SSSR count). The zero-order valence-electron chi connectivity index (χ0n) is 20.4. The van der Waals surface area contributed by atoms with Crippen LogP contribution in [0.3, 0.4) is 0 Å². The molecule has 3 amide bonds. The third-order valence-electron chi connectivity index (χ3n) is 6.11. The molecule has 3 aromatic carbocycles. The lowest BCUT2D eigenvalue weighted by molar-refractivity contribution is -0.130. The van der Waals surface area contributed by atoms with Crippen molar-refractivity contribution in [3.8, 4) is 0 Å². The van der Waals surface area contributed by atoms with Gasteiger partial charge in [-0.15, -0.1) is 0 Å². The van der Waals surface area contributed by atoms with Crippen LogP contribution in [0.2, 0.25) is 0 Å². The Morgan fingerprint density at radius 2 is 1.54 bits per heavy atom. The van der Waals surface area contributed by atoms with Crippen LogP contribution in [0.15, 0.2) is 66.7 Å². The second kappa shape index (κ2) is 9.96. The minimum atomic E-state index is -1.46. The molecular weight excluding hydrogens is 485 g/mol. The first-order valence-corrected chi connectivity index (χ1v) is 11.5. The van der Waals surface area contributed by atoms with Crippen LogP contribution in [0.1, 0.15) is 24.2 Å². The van der Waals surface area contributed by atoms with E-state index in [0.29, 0.717) is 11.4 Å². The molecule has 37 heavy (non-hydrogen) atoms. The topological polar surface area (TPSA) is 81.8 Å². The minimum absolute atomic E-state index is 0.0843. The quantitative estimate of drug-likeness (QED) is 0.546. The van der Waals surface area contributed by atoms with Crippen molar-refractivity contribution in [2.24, 2.45) is 0 Å². The number of fused-ring (bicyclic) bond motifs is 1. The van der Waals surface area contributed by atoms with Gasteiger partial charge in [-0.25, -0.2) is 13.2 Å².